The van der Waals surface area contributed by atoms with Gasteiger partial charge in [0.15, 0.2) is 0 Å². The smallest absolute Gasteiger partial charge is 0.224 e. The van der Waals surface area contributed by atoms with Gasteiger partial charge in [-0.25, -0.2) is 0 Å². The van der Waals surface area contributed by atoms with Gasteiger partial charge in [0.25, 0.3) is 0 Å². The van der Waals surface area contributed by atoms with Crippen molar-refractivity contribution in [1.29, 1.82) is 0 Å². The second-order valence-corrected chi connectivity index (χ2v) is 6.01. The van der Waals surface area contributed by atoms with Crippen molar-refractivity contribution in [3.63, 3.8) is 0 Å². The molecule has 2 aromatic rings. The minimum Gasteiger partial charge on any atom is -0.326 e. The van der Waals surface area contributed by atoms with E-state index in [-0.39, 0.29) is 5.91 Å². The summed E-state index contributed by atoms with van der Waals surface area (Å²) in [5, 5.41) is 7.47. The first kappa shape index (κ1) is 16.2. The molecule has 0 aliphatic heterocycles. The number of hydrogen-bond acceptors (Lipinski definition) is 3. The van der Waals surface area contributed by atoms with Crippen LogP contribution >= 0.6 is 0 Å². The molecule has 22 heavy (non-hydrogen) atoms. The lowest BCUT2D eigenvalue weighted by atomic mass is 10.1. The maximum Gasteiger partial charge on any atom is 0.224 e. The van der Waals surface area contributed by atoms with E-state index in [9.17, 15) is 4.79 Å². The van der Waals surface area contributed by atoms with Gasteiger partial charge in [-0.15, -0.1) is 0 Å². The standard InChI is InChI=1S/C17H24N4O/c1-12(2)11-21-14(4)16(13(3)20-21)5-6-17(22)19-15-7-9-18-10-8-15/h7-10,12H,5-6,11H2,1-4H3,(H,18,19,22). The van der Waals surface area contributed by atoms with Crippen molar-refractivity contribution in [3.8, 4) is 0 Å². The van der Waals surface area contributed by atoms with Crippen LogP contribution < -0.4 is 5.32 Å². The van der Waals surface area contributed by atoms with Gasteiger partial charge in [-0.1, -0.05) is 13.8 Å². The van der Waals surface area contributed by atoms with Gasteiger partial charge in [0.1, 0.15) is 0 Å². The Morgan fingerprint density at radius 2 is 1.95 bits per heavy atom. The Bertz CT molecular complexity index is 632. The van der Waals surface area contributed by atoms with Crippen LogP contribution in [0.3, 0.4) is 0 Å². The van der Waals surface area contributed by atoms with E-state index in [1.165, 1.54) is 11.3 Å². The molecular formula is C17H24N4O. The van der Waals surface area contributed by atoms with Crippen molar-refractivity contribution in [2.24, 2.45) is 5.92 Å². The monoisotopic (exact) mass is 300 g/mol. The van der Waals surface area contributed by atoms with E-state index in [1.54, 1.807) is 24.5 Å². The van der Waals surface area contributed by atoms with Gasteiger partial charge in [0, 0.05) is 36.7 Å². The van der Waals surface area contributed by atoms with E-state index in [4.69, 9.17) is 0 Å². The van der Waals surface area contributed by atoms with E-state index in [0.29, 0.717) is 18.8 Å². The number of aromatic nitrogens is 3. The molecule has 0 spiro atoms. The van der Waals surface area contributed by atoms with Crippen LogP contribution in [0.4, 0.5) is 5.69 Å². The first-order valence-corrected chi connectivity index (χ1v) is 7.70. The lowest BCUT2D eigenvalue weighted by Crippen LogP contribution is -2.13. The van der Waals surface area contributed by atoms with Gasteiger partial charge in [-0.05, 0) is 43.9 Å². The number of aryl methyl sites for hydroxylation is 1. The zero-order valence-corrected chi connectivity index (χ0v) is 13.8. The molecule has 0 radical (unpaired) electrons. The molecule has 2 rings (SSSR count). The number of hydrogen-bond donors (Lipinski definition) is 1. The van der Waals surface area contributed by atoms with Crippen molar-refractivity contribution in [2.45, 2.75) is 47.1 Å². The molecule has 118 valence electrons. The van der Waals surface area contributed by atoms with E-state index in [1.807, 2.05) is 6.92 Å². The molecule has 2 aromatic heterocycles. The zero-order valence-electron chi connectivity index (χ0n) is 13.8. The normalized spacial score (nSPS) is 11.0. The van der Waals surface area contributed by atoms with Crippen LogP contribution in [0.1, 0.15) is 37.2 Å². The summed E-state index contributed by atoms with van der Waals surface area (Å²) < 4.78 is 2.05. The summed E-state index contributed by atoms with van der Waals surface area (Å²) in [6.45, 7) is 9.37. The van der Waals surface area contributed by atoms with Crippen LogP contribution in [-0.4, -0.2) is 20.7 Å². The number of anilines is 1. The van der Waals surface area contributed by atoms with Crippen molar-refractivity contribution in [1.82, 2.24) is 14.8 Å². The molecule has 0 saturated carbocycles. The summed E-state index contributed by atoms with van der Waals surface area (Å²) >= 11 is 0. The third kappa shape index (κ3) is 4.16. The highest BCUT2D eigenvalue weighted by Crippen LogP contribution is 2.17. The topological polar surface area (TPSA) is 59.8 Å². The van der Waals surface area contributed by atoms with Crippen molar-refractivity contribution < 1.29 is 4.79 Å². The Kier molecular flexibility index (Phi) is 5.31. The van der Waals surface area contributed by atoms with Crippen LogP contribution in [-0.2, 0) is 17.8 Å². The minimum atomic E-state index is 0.0154. The Morgan fingerprint density at radius 3 is 2.59 bits per heavy atom. The molecule has 2 heterocycles. The van der Waals surface area contributed by atoms with Crippen molar-refractivity contribution >= 4 is 11.6 Å². The van der Waals surface area contributed by atoms with Crippen molar-refractivity contribution in [3.05, 3.63) is 41.5 Å². The summed E-state index contributed by atoms with van der Waals surface area (Å²) in [6, 6.07) is 3.57. The SMILES string of the molecule is Cc1nn(CC(C)C)c(C)c1CCC(=O)Nc1ccncc1. The maximum atomic E-state index is 12.0. The molecule has 1 N–H and O–H groups in total. The highest BCUT2D eigenvalue weighted by Gasteiger charge is 2.13. The highest BCUT2D eigenvalue weighted by atomic mass is 16.1. The second-order valence-electron chi connectivity index (χ2n) is 6.01. The average Bonchev–Trinajstić information content (AvgIpc) is 2.72. The van der Waals surface area contributed by atoms with Crippen LogP contribution in [0, 0.1) is 19.8 Å². The van der Waals surface area contributed by atoms with Gasteiger partial charge in [0.05, 0.1) is 5.69 Å². The molecule has 0 aliphatic carbocycles. The predicted octanol–water partition coefficient (Wildman–Crippen LogP) is 3.12. The third-order valence-corrected chi connectivity index (χ3v) is 3.64. The number of carbonyl (C=O) groups excluding carboxylic acids is 1. The minimum absolute atomic E-state index is 0.0154. The molecule has 0 bridgehead atoms. The van der Waals surface area contributed by atoms with Gasteiger partial charge >= 0.3 is 0 Å². The summed E-state index contributed by atoms with van der Waals surface area (Å²) in [7, 11) is 0. The molecule has 0 aliphatic rings. The lowest BCUT2D eigenvalue weighted by molar-refractivity contribution is -0.116. The third-order valence-electron chi connectivity index (χ3n) is 3.64. The molecule has 0 atom stereocenters. The number of pyridine rings is 1. The summed E-state index contributed by atoms with van der Waals surface area (Å²) in [4.78, 5) is 16.0. The van der Waals surface area contributed by atoms with E-state index in [0.717, 1.165) is 17.9 Å². The highest BCUT2D eigenvalue weighted by molar-refractivity contribution is 5.90. The maximum absolute atomic E-state index is 12.0. The Labute approximate surface area is 131 Å². The number of amides is 1. The predicted molar refractivity (Wildman–Crippen MR) is 87.7 cm³/mol. The number of nitrogens with zero attached hydrogens (tertiary/aromatic N) is 3. The Morgan fingerprint density at radius 1 is 1.27 bits per heavy atom. The first-order chi connectivity index (χ1) is 10.5. The van der Waals surface area contributed by atoms with Gasteiger partial charge < -0.3 is 5.32 Å². The average molecular weight is 300 g/mol. The summed E-state index contributed by atoms with van der Waals surface area (Å²) in [5.74, 6) is 0.572. The molecule has 1 amide bonds. The molecule has 0 unspecified atom stereocenters. The fourth-order valence-corrected chi connectivity index (χ4v) is 2.52. The molecule has 5 heteroatoms. The summed E-state index contributed by atoms with van der Waals surface area (Å²) in [5.41, 5.74) is 4.16. The van der Waals surface area contributed by atoms with Crippen LogP contribution in [0.2, 0.25) is 0 Å². The fourth-order valence-electron chi connectivity index (χ4n) is 2.52. The number of rotatable bonds is 6. The first-order valence-electron chi connectivity index (χ1n) is 7.70. The van der Waals surface area contributed by atoms with Gasteiger partial charge in [-0.2, -0.15) is 5.10 Å². The van der Waals surface area contributed by atoms with Crippen molar-refractivity contribution in [2.75, 3.05) is 5.32 Å². The molecule has 0 saturated heterocycles. The van der Waals surface area contributed by atoms with E-state index >= 15 is 0 Å². The number of nitrogens with one attached hydrogen (secondary N) is 1. The Balaban J connectivity index is 1.96. The molecule has 0 fully saturated rings. The largest absolute Gasteiger partial charge is 0.326 e. The van der Waals surface area contributed by atoms with Gasteiger partial charge in [0.2, 0.25) is 5.91 Å². The second kappa shape index (κ2) is 7.20. The van der Waals surface area contributed by atoms with Gasteiger partial charge in [-0.3, -0.25) is 14.5 Å². The fraction of sp³-hybridized carbons (Fsp3) is 0.471. The lowest BCUT2D eigenvalue weighted by Gasteiger charge is -2.08. The number of carbonyl (C=O) groups is 1. The molecule has 5 nitrogen and oxygen atoms in total. The van der Waals surface area contributed by atoms with Crippen LogP contribution in [0.15, 0.2) is 24.5 Å². The van der Waals surface area contributed by atoms with E-state index in [2.05, 4.69) is 40.9 Å². The van der Waals surface area contributed by atoms with Crippen LogP contribution in [0.25, 0.3) is 0 Å². The zero-order chi connectivity index (χ0) is 16.1. The van der Waals surface area contributed by atoms with Crippen LogP contribution in [0.5, 0.6) is 0 Å². The quantitative estimate of drug-likeness (QED) is 0.891. The Hall–Kier alpha value is -2.17. The molecule has 0 aromatic carbocycles. The summed E-state index contributed by atoms with van der Waals surface area (Å²) in [6.07, 6.45) is 4.50. The van der Waals surface area contributed by atoms with E-state index < -0.39 is 0 Å². The molecular weight excluding hydrogens is 276 g/mol.